The first kappa shape index (κ1) is 7.62. The van der Waals surface area contributed by atoms with Crippen molar-refractivity contribution in [3.63, 3.8) is 0 Å². The molecule has 64 valence electrons. The first-order valence-electron chi connectivity index (χ1n) is 4.34. The lowest BCUT2D eigenvalue weighted by atomic mass is 9.99. The number of aryl methyl sites for hydroxylation is 1. The lowest BCUT2D eigenvalue weighted by Gasteiger charge is -2.23. The van der Waals surface area contributed by atoms with E-state index in [1.807, 2.05) is 0 Å². The van der Waals surface area contributed by atoms with Gasteiger partial charge in [0.15, 0.2) is 0 Å². The van der Waals surface area contributed by atoms with Gasteiger partial charge in [0.05, 0.1) is 0 Å². The van der Waals surface area contributed by atoms with E-state index in [9.17, 15) is 0 Å². The summed E-state index contributed by atoms with van der Waals surface area (Å²) in [6, 6.07) is 6.76. The van der Waals surface area contributed by atoms with Crippen molar-refractivity contribution in [2.24, 2.45) is 5.73 Å². The van der Waals surface area contributed by atoms with E-state index in [-0.39, 0.29) is 6.04 Å². The second-order valence-corrected chi connectivity index (χ2v) is 3.51. The topological polar surface area (TPSA) is 38.0 Å². The molecule has 0 aliphatic carbocycles. The minimum atomic E-state index is 0.278. The van der Waals surface area contributed by atoms with Gasteiger partial charge in [-0.05, 0) is 30.5 Å². The summed E-state index contributed by atoms with van der Waals surface area (Å²) in [5.74, 6) is 0. The highest BCUT2D eigenvalue weighted by atomic mass is 14.9. The molecule has 1 aliphatic rings. The number of benzene rings is 1. The van der Waals surface area contributed by atoms with Crippen LogP contribution in [0.2, 0.25) is 0 Å². The lowest BCUT2D eigenvalue weighted by molar-refractivity contribution is 0.679. The molecule has 0 amide bonds. The molecule has 2 rings (SSSR count). The summed E-state index contributed by atoms with van der Waals surface area (Å²) in [6.07, 6.45) is 1.00. The van der Waals surface area contributed by atoms with Gasteiger partial charge in [-0.2, -0.15) is 0 Å². The largest absolute Gasteiger partial charge is 0.383 e. The Kier molecular flexibility index (Phi) is 1.77. The Bertz CT molecular complexity index is 294. The van der Waals surface area contributed by atoms with Crippen LogP contribution in [0.5, 0.6) is 0 Å². The van der Waals surface area contributed by atoms with Crippen LogP contribution >= 0.6 is 0 Å². The van der Waals surface area contributed by atoms with E-state index >= 15 is 0 Å². The quantitative estimate of drug-likeness (QED) is 0.603. The number of fused-ring (bicyclic) bond motifs is 1. The summed E-state index contributed by atoms with van der Waals surface area (Å²) in [5, 5.41) is 3.33. The number of rotatable bonds is 0. The summed E-state index contributed by atoms with van der Waals surface area (Å²) >= 11 is 0. The molecule has 1 aromatic rings. The minimum Gasteiger partial charge on any atom is -0.383 e. The molecule has 12 heavy (non-hydrogen) atoms. The molecular weight excluding hydrogens is 148 g/mol. The molecule has 0 radical (unpaired) electrons. The van der Waals surface area contributed by atoms with Crippen molar-refractivity contribution in [2.75, 3.05) is 11.9 Å². The molecule has 1 heterocycles. The van der Waals surface area contributed by atoms with Crippen LogP contribution in [0, 0.1) is 6.92 Å². The van der Waals surface area contributed by atoms with Crippen LogP contribution in [-0.4, -0.2) is 12.6 Å². The van der Waals surface area contributed by atoms with Gasteiger partial charge >= 0.3 is 0 Å². The van der Waals surface area contributed by atoms with Crippen molar-refractivity contribution < 1.29 is 0 Å². The van der Waals surface area contributed by atoms with E-state index in [2.05, 4.69) is 30.4 Å². The fraction of sp³-hybridized carbons (Fsp3) is 0.400. The Balaban J connectivity index is 2.37. The summed E-state index contributed by atoms with van der Waals surface area (Å²) in [6.45, 7) is 3.01. The summed E-state index contributed by atoms with van der Waals surface area (Å²) < 4.78 is 0. The number of hydrogen-bond acceptors (Lipinski definition) is 2. The summed E-state index contributed by atoms with van der Waals surface area (Å²) in [7, 11) is 0. The van der Waals surface area contributed by atoms with E-state index < -0.39 is 0 Å². The number of hydrogen-bond donors (Lipinski definition) is 2. The second kappa shape index (κ2) is 2.79. The monoisotopic (exact) mass is 162 g/mol. The van der Waals surface area contributed by atoms with Gasteiger partial charge in [0.25, 0.3) is 0 Å². The van der Waals surface area contributed by atoms with Crippen LogP contribution in [0.15, 0.2) is 18.2 Å². The molecule has 0 saturated heterocycles. The van der Waals surface area contributed by atoms with Crippen LogP contribution in [0.4, 0.5) is 5.69 Å². The fourth-order valence-electron chi connectivity index (χ4n) is 1.63. The predicted molar refractivity (Wildman–Crippen MR) is 51.3 cm³/mol. The SMILES string of the molecule is Cc1ccc2c(c1)NC[C@H](N)C2. The number of nitrogens with two attached hydrogens (primary N) is 1. The number of anilines is 1. The summed E-state index contributed by atoms with van der Waals surface area (Å²) in [4.78, 5) is 0. The first-order chi connectivity index (χ1) is 5.75. The van der Waals surface area contributed by atoms with Gasteiger partial charge in [0.2, 0.25) is 0 Å². The zero-order valence-electron chi connectivity index (χ0n) is 7.30. The Labute approximate surface area is 72.8 Å². The standard InChI is InChI=1S/C10H14N2/c1-7-2-3-8-5-9(11)6-12-10(8)4-7/h2-4,9,12H,5-6,11H2,1H3/t9-/m1/s1. The zero-order chi connectivity index (χ0) is 8.55. The molecule has 2 nitrogen and oxygen atoms in total. The maximum absolute atomic E-state index is 5.83. The Hall–Kier alpha value is -1.02. The Morgan fingerprint density at radius 2 is 2.33 bits per heavy atom. The van der Waals surface area contributed by atoms with Gasteiger partial charge in [0.1, 0.15) is 0 Å². The van der Waals surface area contributed by atoms with E-state index in [1.165, 1.54) is 16.8 Å². The van der Waals surface area contributed by atoms with Gasteiger partial charge in [-0.25, -0.2) is 0 Å². The van der Waals surface area contributed by atoms with Crippen LogP contribution < -0.4 is 11.1 Å². The zero-order valence-corrected chi connectivity index (χ0v) is 7.30. The molecule has 0 fully saturated rings. The molecule has 0 spiro atoms. The van der Waals surface area contributed by atoms with Gasteiger partial charge in [-0.3, -0.25) is 0 Å². The highest BCUT2D eigenvalue weighted by Gasteiger charge is 2.13. The summed E-state index contributed by atoms with van der Waals surface area (Å²) in [5.41, 5.74) is 9.74. The highest BCUT2D eigenvalue weighted by molar-refractivity contribution is 5.55. The molecule has 0 aromatic heterocycles. The van der Waals surface area contributed by atoms with E-state index in [4.69, 9.17) is 5.73 Å². The number of nitrogens with one attached hydrogen (secondary N) is 1. The van der Waals surface area contributed by atoms with Crippen LogP contribution in [-0.2, 0) is 6.42 Å². The maximum atomic E-state index is 5.83. The van der Waals surface area contributed by atoms with Crippen molar-refractivity contribution in [1.82, 2.24) is 0 Å². The van der Waals surface area contributed by atoms with E-state index in [0.29, 0.717) is 0 Å². The van der Waals surface area contributed by atoms with Crippen molar-refractivity contribution >= 4 is 5.69 Å². The third-order valence-corrected chi connectivity index (χ3v) is 2.30. The highest BCUT2D eigenvalue weighted by Crippen LogP contribution is 2.22. The van der Waals surface area contributed by atoms with E-state index in [0.717, 1.165) is 13.0 Å². The van der Waals surface area contributed by atoms with Crippen molar-refractivity contribution in [1.29, 1.82) is 0 Å². The molecule has 0 unspecified atom stereocenters. The first-order valence-corrected chi connectivity index (χ1v) is 4.34. The molecule has 0 saturated carbocycles. The molecule has 1 aliphatic heterocycles. The molecule has 1 aromatic carbocycles. The minimum absolute atomic E-state index is 0.278. The van der Waals surface area contributed by atoms with Crippen molar-refractivity contribution in [2.45, 2.75) is 19.4 Å². The predicted octanol–water partition coefficient (Wildman–Crippen LogP) is 1.29. The van der Waals surface area contributed by atoms with Crippen LogP contribution in [0.3, 0.4) is 0 Å². The van der Waals surface area contributed by atoms with Gasteiger partial charge < -0.3 is 11.1 Å². The van der Waals surface area contributed by atoms with Crippen molar-refractivity contribution in [3.8, 4) is 0 Å². The smallest absolute Gasteiger partial charge is 0.0376 e. The Morgan fingerprint density at radius 3 is 3.17 bits per heavy atom. The van der Waals surface area contributed by atoms with E-state index in [1.54, 1.807) is 0 Å². The maximum Gasteiger partial charge on any atom is 0.0376 e. The average Bonchev–Trinajstić information content (AvgIpc) is 2.05. The van der Waals surface area contributed by atoms with Gasteiger partial charge in [-0.1, -0.05) is 12.1 Å². The third-order valence-electron chi connectivity index (χ3n) is 2.30. The van der Waals surface area contributed by atoms with Gasteiger partial charge in [-0.15, -0.1) is 0 Å². The van der Waals surface area contributed by atoms with Crippen LogP contribution in [0.1, 0.15) is 11.1 Å². The molecule has 3 N–H and O–H groups in total. The average molecular weight is 162 g/mol. The van der Waals surface area contributed by atoms with Crippen LogP contribution in [0.25, 0.3) is 0 Å². The molecule has 1 atom stereocenters. The third kappa shape index (κ3) is 1.30. The molecule has 2 heteroatoms. The van der Waals surface area contributed by atoms with Crippen molar-refractivity contribution in [3.05, 3.63) is 29.3 Å². The Morgan fingerprint density at radius 1 is 1.50 bits per heavy atom. The molecule has 0 bridgehead atoms. The fourth-order valence-corrected chi connectivity index (χ4v) is 1.63. The lowest BCUT2D eigenvalue weighted by Crippen LogP contribution is -2.35. The van der Waals surface area contributed by atoms with Gasteiger partial charge in [0, 0.05) is 18.3 Å². The normalized spacial score (nSPS) is 21.3. The second-order valence-electron chi connectivity index (χ2n) is 3.51. The molecular formula is C10H14N2.